The number of hydrogen-bond donors (Lipinski definition) is 0. The Balaban J connectivity index is 2.44. The lowest BCUT2D eigenvalue weighted by Crippen LogP contribution is -2.25. The summed E-state index contributed by atoms with van der Waals surface area (Å²) < 4.78 is 8.48. The Morgan fingerprint density at radius 3 is 3.00 bits per heavy atom. The molecular formula is C8H13N3O2S. The van der Waals surface area contributed by atoms with Gasteiger partial charge in [0.15, 0.2) is 0 Å². The lowest BCUT2D eigenvalue weighted by molar-refractivity contribution is -0.140. The lowest BCUT2D eigenvalue weighted by Gasteiger charge is -2.17. The molecule has 5 nitrogen and oxygen atoms in total. The van der Waals surface area contributed by atoms with Crippen LogP contribution in [0, 0.1) is 0 Å². The Labute approximate surface area is 86.9 Å². The van der Waals surface area contributed by atoms with Gasteiger partial charge in [0.05, 0.1) is 13.5 Å². The smallest absolute Gasteiger partial charge is 0.307 e. The molecule has 0 radical (unpaired) electrons. The van der Waals surface area contributed by atoms with Gasteiger partial charge in [-0.1, -0.05) is 0 Å². The van der Waals surface area contributed by atoms with Crippen LogP contribution in [0.5, 0.6) is 0 Å². The maximum atomic E-state index is 10.9. The summed E-state index contributed by atoms with van der Waals surface area (Å²) in [5.74, 6) is -0.201. The fourth-order valence-electron chi connectivity index (χ4n) is 1.02. The van der Waals surface area contributed by atoms with Gasteiger partial charge in [-0.2, -0.15) is 4.37 Å². The molecule has 1 rings (SSSR count). The summed E-state index contributed by atoms with van der Waals surface area (Å²) in [6, 6.07) is 0. The van der Waals surface area contributed by atoms with Crippen molar-refractivity contribution >= 4 is 22.6 Å². The minimum Gasteiger partial charge on any atom is -0.469 e. The van der Waals surface area contributed by atoms with E-state index in [9.17, 15) is 4.79 Å². The first-order valence-corrected chi connectivity index (χ1v) is 5.13. The zero-order valence-corrected chi connectivity index (χ0v) is 9.08. The van der Waals surface area contributed by atoms with Crippen molar-refractivity contribution in [3.63, 3.8) is 0 Å². The molecule has 0 spiro atoms. The number of esters is 1. The number of ether oxygens (including phenoxy) is 1. The van der Waals surface area contributed by atoms with Gasteiger partial charge in [0.2, 0.25) is 5.13 Å². The number of carbonyl (C=O) groups is 1. The van der Waals surface area contributed by atoms with Crippen LogP contribution in [0.15, 0.2) is 6.33 Å². The van der Waals surface area contributed by atoms with Crippen LogP contribution in [0.3, 0.4) is 0 Å². The maximum Gasteiger partial charge on any atom is 0.307 e. The number of aromatic nitrogens is 2. The first-order valence-electron chi connectivity index (χ1n) is 4.36. The zero-order valence-electron chi connectivity index (χ0n) is 8.27. The molecule has 0 unspecified atom stereocenters. The quantitative estimate of drug-likeness (QED) is 0.684. The van der Waals surface area contributed by atoms with E-state index in [4.69, 9.17) is 0 Å². The highest BCUT2D eigenvalue weighted by molar-refractivity contribution is 7.09. The van der Waals surface area contributed by atoms with E-state index in [2.05, 4.69) is 14.1 Å². The second-order valence-corrected chi connectivity index (χ2v) is 3.39. The summed E-state index contributed by atoms with van der Waals surface area (Å²) in [5, 5.41) is 0.844. The van der Waals surface area contributed by atoms with Gasteiger partial charge in [-0.3, -0.25) is 4.79 Å². The molecule has 14 heavy (non-hydrogen) atoms. The number of nitrogens with zero attached hydrogens (tertiary/aromatic N) is 3. The predicted molar refractivity (Wildman–Crippen MR) is 54.4 cm³/mol. The molecule has 0 aromatic carbocycles. The monoisotopic (exact) mass is 215 g/mol. The molecule has 0 saturated carbocycles. The normalized spacial score (nSPS) is 9.86. The van der Waals surface area contributed by atoms with Gasteiger partial charge < -0.3 is 9.64 Å². The molecule has 0 saturated heterocycles. The highest BCUT2D eigenvalue weighted by Gasteiger charge is 2.09. The molecule has 0 aliphatic rings. The van der Waals surface area contributed by atoms with Crippen molar-refractivity contribution in [2.24, 2.45) is 0 Å². The van der Waals surface area contributed by atoms with Gasteiger partial charge in [0.25, 0.3) is 0 Å². The van der Waals surface area contributed by atoms with Crippen molar-refractivity contribution in [1.29, 1.82) is 0 Å². The van der Waals surface area contributed by atoms with Crippen LogP contribution >= 0.6 is 11.5 Å². The van der Waals surface area contributed by atoms with E-state index in [1.54, 1.807) is 0 Å². The van der Waals surface area contributed by atoms with Crippen molar-refractivity contribution in [2.45, 2.75) is 13.3 Å². The molecule has 0 bridgehead atoms. The SMILES string of the molecule is CCN(CCC(=O)OC)c1ncns1. The zero-order chi connectivity index (χ0) is 10.4. The standard InChI is InChI=1S/C8H13N3O2S/c1-3-11(5-4-7(12)13-2)8-9-6-10-14-8/h6H,3-5H2,1-2H3. The summed E-state index contributed by atoms with van der Waals surface area (Å²) in [7, 11) is 1.39. The summed E-state index contributed by atoms with van der Waals surface area (Å²) in [4.78, 5) is 17.0. The molecule has 0 aliphatic carbocycles. The minimum atomic E-state index is -0.201. The second-order valence-electron chi connectivity index (χ2n) is 2.63. The van der Waals surface area contributed by atoms with Crippen molar-refractivity contribution in [1.82, 2.24) is 9.36 Å². The number of rotatable bonds is 5. The summed E-state index contributed by atoms with van der Waals surface area (Å²) >= 11 is 1.33. The minimum absolute atomic E-state index is 0.201. The number of methoxy groups -OCH3 is 1. The Bertz CT molecular complexity index is 276. The van der Waals surface area contributed by atoms with Crippen LogP contribution in [-0.2, 0) is 9.53 Å². The molecule has 78 valence electrons. The Kier molecular flexibility index (Phi) is 4.31. The van der Waals surface area contributed by atoms with Crippen LogP contribution < -0.4 is 4.90 Å². The molecule has 6 heteroatoms. The van der Waals surface area contributed by atoms with Gasteiger partial charge >= 0.3 is 5.97 Å². The molecule has 0 amide bonds. The van der Waals surface area contributed by atoms with Gasteiger partial charge in [0.1, 0.15) is 6.33 Å². The highest BCUT2D eigenvalue weighted by Crippen LogP contribution is 2.14. The summed E-state index contributed by atoms with van der Waals surface area (Å²) in [6.45, 7) is 3.45. The van der Waals surface area contributed by atoms with Gasteiger partial charge in [-0.25, -0.2) is 4.98 Å². The Hall–Kier alpha value is -1.17. The predicted octanol–water partition coefficient (Wildman–Crippen LogP) is 0.927. The van der Waals surface area contributed by atoms with Crippen molar-refractivity contribution in [3.05, 3.63) is 6.33 Å². The number of carbonyl (C=O) groups excluding carboxylic acids is 1. The summed E-state index contributed by atoms with van der Waals surface area (Å²) in [6.07, 6.45) is 1.89. The molecule has 1 aromatic rings. The van der Waals surface area contributed by atoms with Crippen LogP contribution in [-0.4, -0.2) is 35.5 Å². The van der Waals surface area contributed by atoms with E-state index >= 15 is 0 Å². The third-order valence-corrected chi connectivity index (χ3v) is 2.54. The first-order chi connectivity index (χ1) is 6.77. The van der Waals surface area contributed by atoms with Crippen molar-refractivity contribution in [3.8, 4) is 0 Å². The molecule has 0 aliphatic heterocycles. The third kappa shape index (κ3) is 2.95. The van der Waals surface area contributed by atoms with Crippen molar-refractivity contribution in [2.75, 3.05) is 25.1 Å². The summed E-state index contributed by atoms with van der Waals surface area (Å²) in [5.41, 5.74) is 0. The van der Waals surface area contributed by atoms with Gasteiger partial charge in [-0.05, 0) is 6.92 Å². The molecule has 0 N–H and O–H groups in total. The van der Waals surface area contributed by atoms with E-state index in [0.29, 0.717) is 13.0 Å². The topological polar surface area (TPSA) is 55.3 Å². The average molecular weight is 215 g/mol. The maximum absolute atomic E-state index is 10.9. The van der Waals surface area contributed by atoms with E-state index in [1.807, 2.05) is 11.8 Å². The van der Waals surface area contributed by atoms with Gasteiger partial charge in [0, 0.05) is 24.6 Å². The Morgan fingerprint density at radius 2 is 2.50 bits per heavy atom. The molecule has 1 heterocycles. The van der Waals surface area contributed by atoms with Gasteiger partial charge in [-0.15, -0.1) is 0 Å². The van der Waals surface area contributed by atoms with Crippen LogP contribution in [0.4, 0.5) is 5.13 Å². The van der Waals surface area contributed by atoms with Crippen LogP contribution in [0.1, 0.15) is 13.3 Å². The fraction of sp³-hybridized carbons (Fsp3) is 0.625. The molecule has 1 aromatic heterocycles. The van der Waals surface area contributed by atoms with E-state index in [-0.39, 0.29) is 5.97 Å². The largest absolute Gasteiger partial charge is 0.469 e. The third-order valence-electron chi connectivity index (χ3n) is 1.82. The van der Waals surface area contributed by atoms with Crippen LogP contribution in [0.25, 0.3) is 0 Å². The van der Waals surface area contributed by atoms with Crippen molar-refractivity contribution < 1.29 is 9.53 Å². The molecule has 0 atom stereocenters. The first kappa shape index (κ1) is 10.9. The average Bonchev–Trinajstić information content (AvgIpc) is 2.72. The van der Waals surface area contributed by atoms with E-state index in [0.717, 1.165) is 11.7 Å². The fourth-order valence-corrected chi connectivity index (χ4v) is 1.64. The molecular weight excluding hydrogens is 202 g/mol. The Morgan fingerprint density at radius 1 is 1.71 bits per heavy atom. The second kappa shape index (κ2) is 5.54. The lowest BCUT2D eigenvalue weighted by atomic mass is 10.4. The van der Waals surface area contributed by atoms with E-state index in [1.165, 1.54) is 25.0 Å². The molecule has 0 fully saturated rings. The van der Waals surface area contributed by atoms with E-state index < -0.39 is 0 Å². The van der Waals surface area contributed by atoms with Crippen LogP contribution in [0.2, 0.25) is 0 Å². The number of hydrogen-bond acceptors (Lipinski definition) is 6. The highest BCUT2D eigenvalue weighted by atomic mass is 32.1. The number of anilines is 1.